The van der Waals surface area contributed by atoms with Gasteiger partial charge in [0.05, 0.1) is 19.0 Å². The molecule has 0 bridgehead atoms. The summed E-state index contributed by atoms with van der Waals surface area (Å²) in [5.74, 6) is 0.443. The van der Waals surface area contributed by atoms with Crippen LogP contribution in [0.4, 0.5) is 0 Å². The highest BCUT2D eigenvalue weighted by Gasteiger charge is 2.28. The van der Waals surface area contributed by atoms with Crippen molar-refractivity contribution in [2.24, 2.45) is 0 Å². The van der Waals surface area contributed by atoms with Gasteiger partial charge in [-0.2, -0.15) is 0 Å². The number of carbonyl (C=O) groups is 1. The number of H-pyrrole nitrogens is 1. The van der Waals surface area contributed by atoms with Gasteiger partial charge in [-0.3, -0.25) is 14.5 Å². The van der Waals surface area contributed by atoms with E-state index in [0.717, 1.165) is 52.2 Å². The topological polar surface area (TPSA) is 78.5 Å². The summed E-state index contributed by atoms with van der Waals surface area (Å²) in [5, 5.41) is 0.514. The molecule has 2 fully saturated rings. The van der Waals surface area contributed by atoms with Crippen molar-refractivity contribution < 1.29 is 9.53 Å². The number of nitrogens with one attached hydrogen (secondary N) is 1. The number of piperidine rings is 1. The number of carbonyl (C=O) groups excluding carboxylic acids is 1. The number of aromatic amines is 1. The van der Waals surface area contributed by atoms with E-state index in [1.807, 2.05) is 4.90 Å². The van der Waals surface area contributed by atoms with Crippen LogP contribution in [0.2, 0.25) is 0 Å². The zero-order valence-electron chi connectivity index (χ0n) is 14.7. The second-order valence-corrected chi connectivity index (χ2v) is 7.59. The van der Waals surface area contributed by atoms with E-state index in [4.69, 9.17) is 4.74 Å². The van der Waals surface area contributed by atoms with Gasteiger partial charge in [0.2, 0.25) is 5.91 Å². The van der Waals surface area contributed by atoms with Gasteiger partial charge in [-0.1, -0.05) is 11.8 Å². The van der Waals surface area contributed by atoms with E-state index in [0.29, 0.717) is 16.6 Å². The minimum Gasteiger partial charge on any atom is -0.379 e. The summed E-state index contributed by atoms with van der Waals surface area (Å²) >= 11 is 1.31. The normalized spacial score (nSPS) is 22.1. The number of nitrogens with zero attached hydrogens (tertiary/aromatic N) is 3. The van der Waals surface area contributed by atoms with Crippen LogP contribution < -0.4 is 5.56 Å². The Labute approximate surface area is 152 Å². The summed E-state index contributed by atoms with van der Waals surface area (Å²) in [4.78, 5) is 35.6. The van der Waals surface area contributed by atoms with Crippen LogP contribution in [0.15, 0.2) is 16.0 Å². The van der Waals surface area contributed by atoms with Crippen molar-refractivity contribution in [3.63, 3.8) is 0 Å². The van der Waals surface area contributed by atoms with E-state index >= 15 is 0 Å². The monoisotopic (exact) mass is 366 g/mol. The van der Waals surface area contributed by atoms with E-state index in [-0.39, 0.29) is 17.5 Å². The molecule has 2 saturated heterocycles. The molecular weight excluding hydrogens is 340 g/mol. The van der Waals surface area contributed by atoms with Gasteiger partial charge in [-0.25, -0.2) is 4.98 Å². The third kappa shape index (κ3) is 5.29. The fourth-order valence-corrected chi connectivity index (χ4v) is 4.24. The molecule has 2 aliphatic heterocycles. The molecule has 3 heterocycles. The SMILES string of the molecule is Cc1cc(=O)[nH]c(SCC(=O)N2CCCC[C@@H]2CN2CCOCC2)n1. The Morgan fingerprint density at radius 2 is 2.16 bits per heavy atom. The third-order valence-corrected chi connectivity index (χ3v) is 5.56. The van der Waals surface area contributed by atoms with Crippen LogP contribution in [0.25, 0.3) is 0 Å². The first-order chi connectivity index (χ1) is 12.1. The van der Waals surface area contributed by atoms with Crippen LogP contribution >= 0.6 is 11.8 Å². The van der Waals surface area contributed by atoms with E-state index in [1.54, 1.807) is 6.92 Å². The number of hydrogen-bond acceptors (Lipinski definition) is 6. The zero-order valence-corrected chi connectivity index (χ0v) is 15.5. The lowest BCUT2D eigenvalue weighted by Gasteiger charge is -2.39. The molecule has 138 valence electrons. The number of likely N-dealkylation sites (tertiary alicyclic amines) is 1. The predicted molar refractivity (Wildman–Crippen MR) is 96.9 cm³/mol. The lowest BCUT2D eigenvalue weighted by molar-refractivity contribution is -0.132. The van der Waals surface area contributed by atoms with Gasteiger partial charge in [-0.15, -0.1) is 0 Å². The Bertz CT molecular complexity index is 645. The van der Waals surface area contributed by atoms with E-state index in [1.165, 1.54) is 24.2 Å². The first-order valence-corrected chi connectivity index (χ1v) is 9.91. The van der Waals surface area contributed by atoms with Crippen LogP contribution in [-0.2, 0) is 9.53 Å². The number of amides is 1. The molecule has 7 nitrogen and oxygen atoms in total. The van der Waals surface area contributed by atoms with Crippen LogP contribution in [-0.4, -0.2) is 76.9 Å². The molecule has 2 aliphatic rings. The average molecular weight is 366 g/mol. The highest BCUT2D eigenvalue weighted by Crippen LogP contribution is 2.21. The van der Waals surface area contributed by atoms with E-state index in [2.05, 4.69) is 14.9 Å². The standard InChI is InChI=1S/C17H26N4O3S/c1-13-10-15(22)19-17(18-13)25-12-16(23)21-5-3-2-4-14(21)11-20-6-8-24-9-7-20/h10,14H,2-9,11-12H2,1H3,(H,18,19,22)/t14-/m1/s1. The first-order valence-electron chi connectivity index (χ1n) is 8.92. The maximum absolute atomic E-state index is 12.7. The number of rotatable bonds is 5. The van der Waals surface area contributed by atoms with Crippen molar-refractivity contribution in [3.8, 4) is 0 Å². The molecular formula is C17H26N4O3S. The van der Waals surface area contributed by atoms with Crippen LogP contribution in [0.3, 0.4) is 0 Å². The molecule has 1 N–H and O–H groups in total. The highest BCUT2D eigenvalue weighted by atomic mass is 32.2. The largest absolute Gasteiger partial charge is 0.379 e. The zero-order chi connectivity index (χ0) is 17.6. The predicted octanol–water partition coefficient (Wildman–Crippen LogP) is 0.884. The van der Waals surface area contributed by atoms with Gasteiger partial charge in [0, 0.05) is 44.0 Å². The smallest absolute Gasteiger partial charge is 0.251 e. The number of ether oxygens (including phenoxy) is 1. The van der Waals surface area contributed by atoms with Crippen molar-refractivity contribution in [1.82, 2.24) is 19.8 Å². The Morgan fingerprint density at radius 1 is 1.36 bits per heavy atom. The molecule has 1 aromatic heterocycles. The van der Waals surface area contributed by atoms with E-state index in [9.17, 15) is 9.59 Å². The maximum atomic E-state index is 12.7. The fraction of sp³-hybridized carbons (Fsp3) is 0.706. The van der Waals surface area contributed by atoms with Gasteiger partial charge in [-0.05, 0) is 26.2 Å². The average Bonchev–Trinajstić information content (AvgIpc) is 2.60. The molecule has 1 aromatic rings. The molecule has 0 aliphatic carbocycles. The van der Waals surface area contributed by atoms with Gasteiger partial charge in [0.15, 0.2) is 5.16 Å². The lowest BCUT2D eigenvalue weighted by atomic mass is 10.0. The van der Waals surface area contributed by atoms with Crippen molar-refractivity contribution >= 4 is 17.7 Å². The van der Waals surface area contributed by atoms with Gasteiger partial charge in [0.1, 0.15) is 0 Å². The summed E-state index contributed by atoms with van der Waals surface area (Å²) in [5.41, 5.74) is 0.493. The van der Waals surface area contributed by atoms with Crippen molar-refractivity contribution in [3.05, 3.63) is 22.1 Å². The Morgan fingerprint density at radius 3 is 2.92 bits per heavy atom. The Kier molecular flexibility index (Phi) is 6.50. The summed E-state index contributed by atoms with van der Waals surface area (Å²) in [6, 6.07) is 1.74. The third-order valence-electron chi connectivity index (χ3n) is 4.70. The second-order valence-electron chi connectivity index (χ2n) is 6.63. The summed E-state index contributed by atoms with van der Waals surface area (Å²) < 4.78 is 5.41. The number of morpholine rings is 1. The molecule has 3 rings (SSSR count). The van der Waals surface area contributed by atoms with Gasteiger partial charge < -0.3 is 14.6 Å². The van der Waals surface area contributed by atoms with Gasteiger partial charge in [0.25, 0.3) is 5.56 Å². The Hall–Kier alpha value is -1.38. The number of hydrogen-bond donors (Lipinski definition) is 1. The first kappa shape index (κ1) is 18.4. The molecule has 1 amide bonds. The summed E-state index contributed by atoms with van der Waals surface area (Å²) in [6.45, 7) is 6.99. The fourth-order valence-electron chi connectivity index (χ4n) is 3.43. The Balaban J connectivity index is 1.57. The molecule has 0 saturated carbocycles. The maximum Gasteiger partial charge on any atom is 0.251 e. The molecule has 0 spiro atoms. The molecule has 0 aromatic carbocycles. The number of aryl methyl sites for hydroxylation is 1. The highest BCUT2D eigenvalue weighted by molar-refractivity contribution is 7.99. The van der Waals surface area contributed by atoms with Crippen LogP contribution in [0.1, 0.15) is 25.0 Å². The van der Waals surface area contributed by atoms with Crippen LogP contribution in [0, 0.1) is 6.92 Å². The van der Waals surface area contributed by atoms with Crippen molar-refractivity contribution in [2.75, 3.05) is 45.1 Å². The number of thioether (sulfide) groups is 1. The molecule has 0 unspecified atom stereocenters. The minimum atomic E-state index is -0.175. The number of aromatic nitrogens is 2. The van der Waals surface area contributed by atoms with Crippen LogP contribution in [0.5, 0.6) is 0 Å². The quantitative estimate of drug-likeness (QED) is 0.616. The summed E-state index contributed by atoms with van der Waals surface area (Å²) in [7, 11) is 0. The van der Waals surface area contributed by atoms with Gasteiger partial charge >= 0.3 is 0 Å². The molecule has 0 radical (unpaired) electrons. The molecule has 25 heavy (non-hydrogen) atoms. The van der Waals surface area contributed by atoms with E-state index < -0.39 is 0 Å². The second kappa shape index (κ2) is 8.82. The molecule has 1 atom stereocenters. The minimum absolute atomic E-state index is 0.132. The van der Waals surface area contributed by atoms with Crippen molar-refractivity contribution in [2.45, 2.75) is 37.4 Å². The molecule has 8 heteroatoms. The lowest BCUT2D eigenvalue weighted by Crippen LogP contribution is -2.51. The summed E-state index contributed by atoms with van der Waals surface area (Å²) in [6.07, 6.45) is 3.31. The van der Waals surface area contributed by atoms with Crippen molar-refractivity contribution in [1.29, 1.82) is 0 Å².